The van der Waals surface area contributed by atoms with E-state index in [2.05, 4.69) is 24.1 Å². The predicted octanol–water partition coefficient (Wildman–Crippen LogP) is 2.71. The fraction of sp³-hybridized carbons (Fsp3) is 0.769. The predicted molar refractivity (Wildman–Crippen MR) is 71.4 cm³/mol. The molecule has 1 unspecified atom stereocenters. The van der Waals surface area contributed by atoms with Crippen LogP contribution in [0.15, 0.2) is 0 Å². The summed E-state index contributed by atoms with van der Waals surface area (Å²) in [6.07, 6.45) is 4.22. The summed E-state index contributed by atoms with van der Waals surface area (Å²) in [6.45, 7) is 6.28. The Labute approximate surface area is 107 Å². The molecule has 0 saturated heterocycles. The Balaban J connectivity index is 2.00. The molecule has 3 nitrogen and oxygen atoms in total. The van der Waals surface area contributed by atoms with Crippen LogP contribution in [0.4, 0.5) is 0 Å². The smallest absolute Gasteiger partial charge is 0.0900 e. The number of aliphatic hydroxyl groups is 1. The molecule has 1 aliphatic rings. The van der Waals surface area contributed by atoms with Gasteiger partial charge < -0.3 is 10.4 Å². The second kappa shape index (κ2) is 5.46. The monoisotopic (exact) mass is 254 g/mol. The number of thiazole rings is 1. The number of nitrogens with one attached hydrogen (secondary N) is 1. The second-order valence-corrected chi connectivity index (χ2v) is 6.26. The quantitative estimate of drug-likeness (QED) is 0.872. The lowest BCUT2D eigenvalue weighted by Crippen LogP contribution is -2.43. The lowest BCUT2D eigenvalue weighted by molar-refractivity contribution is 0.0861. The Morgan fingerprint density at radius 1 is 1.35 bits per heavy atom. The molecule has 2 N–H and O–H groups in total. The molecule has 96 valence electrons. The van der Waals surface area contributed by atoms with Gasteiger partial charge in [0.1, 0.15) is 0 Å². The van der Waals surface area contributed by atoms with Gasteiger partial charge in [-0.05, 0) is 33.6 Å². The third kappa shape index (κ3) is 3.06. The molecular formula is C13H22N2OS. The maximum Gasteiger partial charge on any atom is 0.0900 e. The molecule has 0 radical (unpaired) electrons. The van der Waals surface area contributed by atoms with Crippen LogP contribution in [0.3, 0.4) is 0 Å². The molecule has 0 spiro atoms. The molecule has 1 aliphatic carbocycles. The van der Waals surface area contributed by atoms with E-state index in [1.54, 1.807) is 11.3 Å². The van der Waals surface area contributed by atoms with E-state index in [4.69, 9.17) is 0 Å². The van der Waals surface area contributed by atoms with Crippen LogP contribution in [0.25, 0.3) is 0 Å². The summed E-state index contributed by atoms with van der Waals surface area (Å²) in [7, 11) is 0. The maximum absolute atomic E-state index is 9.96. The normalized spacial score (nSPS) is 27.1. The second-order valence-electron chi connectivity index (χ2n) is 5.03. The van der Waals surface area contributed by atoms with Gasteiger partial charge in [-0.15, -0.1) is 11.3 Å². The third-order valence-corrected chi connectivity index (χ3v) is 4.78. The van der Waals surface area contributed by atoms with Crippen molar-refractivity contribution in [3.05, 3.63) is 15.6 Å². The molecule has 4 heteroatoms. The van der Waals surface area contributed by atoms with Gasteiger partial charge >= 0.3 is 0 Å². The summed E-state index contributed by atoms with van der Waals surface area (Å²) >= 11 is 1.76. The summed E-state index contributed by atoms with van der Waals surface area (Å²) in [6, 6.07) is 0.541. The fourth-order valence-corrected chi connectivity index (χ4v) is 3.59. The molecule has 3 atom stereocenters. The molecule has 1 heterocycles. The first-order valence-corrected chi connectivity index (χ1v) is 7.27. The van der Waals surface area contributed by atoms with Crippen molar-refractivity contribution in [2.45, 2.75) is 64.6 Å². The zero-order valence-corrected chi connectivity index (χ0v) is 11.7. The maximum atomic E-state index is 9.96. The molecule has 1 aromatic rings. The highest BCUT2D eigenvalue weighted by molar-refractivity contribution is 7.11. The third-order valence-electron chi connectivity index (χ3n) is 3.53. The minimum Gasteiger partial charge on any atom is -0.392 e. The van der Waals surface area contributed by atoms with E-state index in [0.717, 1.165) is 30.0 Å². The minimum atomic E-state index is -0.180. The molecular weight excluding hydrogens is 232 g/mol. The molecule has 2 rings (SSSR count). The number of hydrogen-bond acceptors (Lipinski definition) is 4. The largest absolute Gasteiger partial charge is 0.392 e. The SMILES string of the molecule is Cc1nc(C)c(C(C)N[C@H]2CCCC[C@@H]2O)s1. The van der Waals surface area contributed by atoms with Crippen molar-refractivity contribution in [3.63, 3.8) is 0 Å². The molecule has 0 aromatic carbocycles. The van der Waals surface area contributed by atoms with Crippen LogP contribution < -0.4 is 5.32 Å². The van der Waals surface area contributed by atoms with Gasteiger partial charge in [0, 0.05) is 17.0 Å². The number of rotatable bonds is 3. The van der Waals surface area contributed by atoms with Crippen LogP contribution in [0.5, 0.6) is 0 Å². The van der Waals surface area contributed by atoms with E-state index >= 15 is 0 Å². The van der Waals surface area contributed by atoms with Gasteiger partial charge in [0.05, 0.1) is 16.8 Å². The van der Waals surface area contributed by atoms with Crippen molar-refractivity contribution in [1.29, 1.82) is 0 Å². The van der Waals surface area contributed by atoms with E-state index < -0.39 is 0 Å². The van der Waals surface area contributed by atoms with Crippen LogP contribution in [-0.2, 0) is 0 Å². The molecule has 17 heavy (non-hydrogen) atoms. The van der Waals surface area contributed by atoms with Crippen molar-refractivity contribution in [2.24, 2.45) is 0 Å². The number of aryl methyl sites for hydroxylation is 2. The topological polar surface area (TPSA) is 45.2 Å². The van der Waals surface area contributed by atoms with E-state index in [0.29, 0.717) is 6.04 Å². The minimum absolute atomic E-state index is 0.180. The Hall–Kier alpha value is -0.450. The average Bonchev–Trinajstić information content (AvgIpc) is 2.61. The van der Waals surface area contributed by atoms with Gasteiger partial charge in [0.2, 0.25) is 0 Å². The fourth-order valence-electron chi connectivity index (χ4n) is 2.65. The average molecular weight is 254 g/mol. The van der Waals surface area contributed by atoms with Crippen molar-refractivity contribution in [1.82, 2.24) is 10.3 Å². The summed E-state index contributed by atoms with van der Waals surface area (Å²) < 4.78 is 0. The Morgan fingerprint density at radius 2 is 2.06 bits per heavy atom. The lowest BCUT2D eigenvalue weighted by Gasteiger charge is -2.31. The Kier molecular flexibility index (Phi) is 4.17. The van der Waals surface area contributed by atoms with Crippen LogP contribution in [0.1, 0.15) is 54.2 Å². The Morgan fingerprint density at radius 3 is 2.65 bits per heavy atom. The van der Waals surface area contributed by atoms with E-state index in [1.807, 2.05) is 6.92 Å². The number of aromatic nitrogens is 1. The highest BCUT2D eigenvalue weighted by atomic mass is 32.1. The van der Waals surface area contributed by atoms with Gasteiger partial charge in [-0.3, -0.25) is 0 Å². The molecule has 0 aliphatic heterocycles. The summed E-state index contributed by atoms with van der Waals surface area (Å²) in [5, 5.41) is 14.6. The zero-order chi connectivity index (χ0) is 12.4. The van der Waals surface area contributed by atoms with Crippen LogP contribution in [0, 0.1) is 13.8 Å². The van der Waals surface area contributed by atoms with E-state index in [-0.39, 0.29) is 12.1 Å². The van der Waals surface area contributed by atoms with Gasteiger partial charge in [0.25, 0.3) is 0 Å². The zero-order valence-electron chi connectivity index (χ0n) is 10.9. The standard InChI is InChI=1S/C13H22N2OS/c1-8-13(17-10(3)14-8)9(2)15-11-6-4-5-7-12(11)16/h9,11-12,15-16H,4-7H2,1-3H3/t9?,11-,12-/m0/s1. The summed E-state index contributed by atoms with van der Waals surface area (Å²) in [4.78, 5) is 5.77. The van der Waals surface area contributed by atoms with Gasteiger partial charge in [-0.25, -0.2) is 4.98 Å². The van der Waals surface area contributed by atoms with Crippen LogP contribution in [-0.4, -0.2) is 22.2 Å². The van der Waals surface area contributed by atoms with Crippen molar-refractivity contribution >= 4 is 11.3 Å². The van der Waals surface area contributed by atoms with Crippen molar-refractivity contribution < 1.29 is 5.11 Å². The van der Waals surface area contributed by atoms with Gasteiger partial charge in [0.15, 0.2) is 0 Å². The molecule has 1 saturated carbocycles. The highest BCUT2D eigenvalue weighted by Crippen LogP contribution is 2.27. The Bertz CT molecular complexity index is 377. The van der Waals surface area contributed by atoms with Crippen molar-refractivity contribution in [2.75, 3.05) is 0 Å². The van der Waals surface area contributed by atoms with Crippen LogP contribution >= 0.6 is 11.3 Å². The van der Waals surface area contributed by atoms with Crippen molar-refractivity contribution in [3.8, 4) is 0 Å². The first kappa shape index (κ1) is 13.0. The highest BCUT2D eigenvalue weighted by Gasteiger charge is 2.25. The number of aliphatic hydroxyl groups excluding tert-OH is 1. The molecule has 1 aromatic heterocycles. The van der Waals surface area contributed by atoms with Gasteiger partial charge in [-0.1, -0.05) is 12.8 Å². The summed E-state index contributed by atoms with van der Waals surface area (Å²) in [5.41, 5.74) is 1.12. The molecule has 0 amide bonds. The van der Waals surface area contributed by atoms with E-state index in [9.17, 15) is 5.11 Å². The van der Waals surface area contributed by atoms with Gasteiger partial charge in [-0.2, -0.15) is 0 Å². The number of hydrogen-bond donors (Lipinski definition) is 2. The lowest BCUT2D eigenvalue weighted by atomic mass is 9.92. The molecule has 1 fully saturated rings. The van der Waals surface area contributed by atoms with Crippen LogP contribution in [0.2, 0.25) is 0 Å². The first-order valence-electron chi connectivity index (χ1n) is 6.46. The summed E-state index contributed by atoms with van der Waals surface area (Å²) in [5.74, 6) is 0. The molecule has 0 bridgehead atoms. The number of nitrogens with zero attached hydrogens (tertiary/aromatic N) is 1. The first-order chi connectivity index (χ1) is 8.08. The van der Waals surface area contributed by atoms with E-state index in [1.165, 1.54) is 11.3 Å².